The summed E-state index contributed by atoms with van der Waals surface area (Å²) in [5, 5.41) is 10.4. The van der Waals surface area contributed by atoms with E-state index < -0.39 is 0 Å². The van der Waals surface area contributed by atoms with Crippen LogP contribution in [0.1, 0.15) is 11.1 Å². The van der Waals surface area contributed by atoms with Gasteiger partial charge in [-0.25, -0.2) is 4.99 Å². The summed E-state index contributed by atoms with van der Waals surface area (Å²) in [6.45, 7) is 0. The van der Waals surface area contributed by atoms with Crippen molar-refractivity contribution < 1.29 is 0 Å². The third kappa shape index (κ3) is 3.29. The molecule has 3 heteroatoms. The van der Waals surface area contributed by atoms with E-state index in [1.54, 1.807) is 0 Å². The van der Waals surface area contributed by atoms with Crippen LogP contribution in [0.4, 0.5) is 0 Å². The lowest BCUT2D eigenvalue weighted by molar-refractivity contribution is 0.469. The van der Waals surface area contributed by atoms with Crippen molar-refractivity contribution in [1.82, 2.24) is 4.90 Å². The van der Waals surface area contributed by atoms with Crippen LogP contribution in [-0.2, 0) is 0 Å². The molecule has 0 amide bonds. The van der Waals surface area contributed by atoms with Crippen LogP contribution in [0.15, 0.2) is 144 Å². The van der Waals surface area contributed by atoms with Crippen LogP contribution < -0.4 is 0 Å². The number of rotatable bonds is 2. The highest BCUT2D eigenvalue weighted by molar-refractivity contribution is 7.27. The molecule has 0 fully saturated rings. The predicted molar refractivity (Wildman–Crippen MR) is 182 cm³/mol. The number of fused-ring (bicyclic) bond motifs is 11. The Kier molecular flexibility index (Phi) is 5.08. The van der Waals surface area contributed by atoms with Gasteiger partial charge in [0.25, 0.3) is 0 Å². The zero-order chi connectivity index (χ0) is 27.8. The molecule has 2 nitrogen and oxygen atoms in total. The summed E-state index contributed by atoms with van der Waals surface area (Å²) in [5.74, 6) is 1.01. The Balaban J connectivity index is 1.48. The third-order valence-corrected chi connectivity index (χ3v) is 10.1. The summed E-state index contributed by atoms with van der Waals surface area (Å²) in [7, 11) is 2.19. The number of hydrogen-bond donors (Lipinski definition) is 0. The SMILES string of the molecule is CN1C(c2cc3c4ccccc4c4ccccc4c3c3sc4ccccc4c23)=NC(c2ccccc2)=C2C=CC=CC21. The molecule has 1 aliphatic heterocycles. The van der Waals surface area contributed by atoms with Crippen molar-refractivity contribution in [2.24, 2.45) is 4.99 Å². The van der Waals surface area contributed by atoms with Gasteiger partial charge in [0.1, 0.15) is 5.84 Å². The van der Waals surface area contributed by atoms with Crippen LogP contribution in [0.3, 0.4) is 0 Å². The molecule has 1 atom stereocenters. The molecular weight excluding hydrogens is 529 g/mol. The molecular formula is C39H26N2S. The normalized spacial score (nSPS) is 16.7. The van der Waals surface area contributed by atoms with Gasteiger partial charge in [-0.15, -0.1) is 11.3 Å². The largest absolute Gasteiger partial charge is 0.349 e. The highest BCUT2D eigenvalue weighted by Gasteiger charge is 2.31. The number of hydrogen-bond acceptors (Lipinski definition) is 3. The van der Waals surface area contributed by atoms with Gasteiger partial charge in [0.05, 0.1) is 11.7 Å². The fourth-order valence-corrected chi connectivity index (χ4v) is 8.28. The van der Waals surface area contributed by atoms with Crippen molar-refractivity contribution in [3.05, 3.63) is 150 Å². The van der Waals surface area contributed by atoms with Crippen molar-refractivity contribution in [3.63, 3.8) is 0 Å². The second-order valence-electron chi connectivity index (χ2n) is 11.1. The highest BCUT2D eigenvalue weighted by Crippen LogP contribution is 2.47. The minimum atomic E-state index is 0.113. The molecule has 1 aromatic heterocycles. The van der Waals surface area contributed by atoms with Crippen LogP contribution in [0.5, 0.6) is 0 Å². The minimum absolute atomic E-state index is 0.113. The summed E-state index contributed by atoms with van der Waals surface area (Å²) in [4.78, 5) is 7.87. The molecule has 6 aromatic carbocycles. The quantitative estimate of drug-likeness (QED) is 0.194. The first-order valence-electron chi connectivity index (χ1n) is 14.4. The number of nitrogens with zero attached hydrogens (tertiary/aromatic N) is 2. The fourth-order valence-electron chi connectivity index (χ4n) is 6.99. The van der Waals surface area contributed by atoms with Gasteiger partial charge in [0, 0.05) is 49.3 Å². The maximum absolute atomic E-state index is 5.52. The maximum Gasteiger partial charge on any atom is 0.137 e. The average molecular weight is 555 g/mol. The number of benzene rings is 6. The molecule has 0 spiro atoms. The van der Waals surface area contributed by atoms with Crippen molar-refractivity contribution in [1.29, 1.82) is 0 Å². The molecule has 42 heavy (non-hydrogen) atoms. The van der Waals surface area contributed by atoms with E-state index in [1.165, 1.54) is 63.6 Å². The number of likely N-dealkylation sites (N-methyl/N-ethyl adjacent to an activating group) is 1. The van der Waals surface area contributed by atoms with E-state index in [0.717, 1.165) is 17.1 Å². The van der Waals surface area contributed by atoms with E-state index in [0.29, 0.717) is 0 Å². The molecule has 1 unspecified atom stereocenters. The molecule has 0 N–H and O–H groups in total. The molecule has 0 saturated heterocycles. The second kappa shape index (κ2) is 9.01. The van der Waals surface area contributed by atoms with E-state index in [-0.39, 0.29) is 6.04 Å². The Morgan fingerprint density at radius 3 is 2.07 bits per heavy atom. The molecule has 198 valence electrons. The first-order chi connectivity index (χ1) is 20.8. The Morgan fingerprint density at radius 2 is 1.29 bits per heavy atom. The van der Waals surface area contributed by atoms with Crippen LogP contribution >= 0.6 is 11.3 Å². The topological polar surface area (TPSA) is 15.6 Å². The molecule has 0 saturated carbocycles. The van der Waals surface area contributed by atoms with Gasteiger partial charge < -0.3 is 4.90 Å². The lowest BCUT2D eigenvalue weighted by Crippen LogP contribution is -2.40. The first kappa shape index (κ1) is 23.7. The lowest BCUT2D eigenvalue weighted by Gasteiger charge is -2.36. The lowest BCUT2D eigenvalue weighted by atomic mass is 9.89. The summed E-state index contributed by atoms with van der Waals surface area (Å²) in [5.41, 5.74) is 4.61. The first-order valence-corrected chi connectivity index (χ1v) is 15.2. The van der Waals surface area contributed by atoms with Crippen molar-refractivity contribution in [2.45, 2.75) is 6.04 Å². The van der Waals surface area contributed by atoms with Crippen molar-refractivity contribution in [2.75, 3.05) is 7.05 Å². The van der Waals surface area contributed by atoms with E-state index in [2.05, 4.69) is 145 Å². The van der Waals surface area contributed by atoms with E-state index in [9.17, 15) is 0 Å². The monoisotopic (exact) mass is 554 g/mol. The standard InChI is InChI=1S/C39H26N2S/c1-41-33-21-11-9-19-29(33)37(24-13-3-2-4-14-24)40-39(41)32-23-31-27-17-6-5-15-25(27)26-16-7-8-18-28(26)35(31)38-36(32)30-20-10-12-22-34(30)42-38/h2-23,33H,1H3. The summed E-state index contributed by atoms with van der Waals surface area (Å²) >= 11 is 1.90. The molecule has 1 aliphatic carbocycles. The summed E-state index contributed by atoms with van der Waals surface area (Å²) < 4.78 is 2.63. The van der Waals surface area contributed by atoms with Crippen LogP contribution in [0, 0.1) is 0 Å². The molecule has 2 heterocycles. The summed E-state index contributed by atoms with van der Waals surface area (Å²) in [6.07, 6.45) is 8.80. The molecule has 0 bridgehead atoms. The van der Waals surface area contributed by atoms with Crippen LogP contribution in [0.25, 0.3) is 58.2 Å². The fraction of sp³-hybridized carbons (Fsp3) is 0.0513. The van der Waals surface area contributed by atoms with Crippen LogP contribution in [0.2, 0.25) is 0 Å². The van der Waals surface area contributed by atoms with E-state index >= 15 is 0 Å². The number of aliphatic imine (C=N–C) groups is 1. The van der Waals surface area contributed by atoms with Crippen molar-refractivity contribution in [3.8, 4) is 0 Å². The second-order valence-corrected chi connectivity index (χ2v) is 12.2. The zero-order valence-electron chi connectivity index (χ0n) is 23.1. The molecule has 7 aromatic rings. The Bertz CT molecular complexity index is 2370. The van der Waals surface area contributed by atoms with Gasteiger partial charge in [-0.05, 0) is 39.1 Å². The molecule has 9 rings (SSSR count). The van der Waals surface area contributed by atoms with E-state index in [4.69, 9.17) is 4.99 Å². The van der Waals surface area contributed by atoms with Gasteiger partial charge >= 0.3 is 0 Å². The van der Waals surface area contributed by atoms with Crippen molar-refractivity contribution >= 4 is 75.4 Å². The molecule has 2 aliphatic rings. The zero-order valence-corrected chi connectivity index (χ0v) is 23.9. The maximum atomic E-state index is 5.52. The Hall–Kier alpha value is -4.99. The number of amidine groups is 1. The Labute approximate surface area is 247 Å². The average Bonchev–Trinajstić information content (AvgIpc) is 3.45. The molecule has 0 radical (unpaired) electrons. The number of thiophene rings is 1. The minimum Gasteiger partial charge on any atom is -0.349 e. The van der Waals surface area contributed by atoms with E-state index in [1.807, 2.05) is 11.3 Å². The third-order valence-electron chi connectivity index (χ3n) is 8.88. The number of allylic oxidation sites excluding steroid dienone is 2. The summed E-state index contributed by atoms with van der Waals surface area (Å²) in [6, 6.07) is 39.8. The smallest absolute Gasteiger partial charge is 0.137 e. The van der Waals surface area contributed by atoms with Gasteiger partial charge in [0.15, 0.2) is 0 Å². The van der Waals surface area contributed by atoms with Gasteiger partial charge in [-0.2, -0.15) is 0 Å². The Morgan fingerprint density at radius 1 is 0.643 bits per heavy atom. The predicted octanol–water partition coefficient (Wildman–Crippen LogP) is 10.1. The highest BCUT2D eigenvalue weighted by atomic mass is 32.1. The van der Waals surface area contributed by atoms with Crippen LogP contribution in [-0.4, -0.2) is 23.8 Å². The van der Waals surface area contributed by atoms with Gasteiger partial charge in [0.2, 0.25) is 0 Å². The van der Waals surface area contributed by atoms with Gasteiger partial charge in [-0.3, -0.25) is 0 Å². The van der Waals surface area contributed by atoms with Gasteiger partial charge in [-0.1, -0.05) is 121 Å².